The van der Waals surface area contributed by atoms with Gasteiger partial charge in [0.05, 0.1) is 0 Å². The molecule has 7 nitrogen and oxygen atoms in total. The van der Waals surface area contributed by atoms with Crippen molar-refractivity contribution in [2.24, 2.45) is 0 Å². The van der Waals surface area contributed by atoms with Crippen LogP contribution in [0.1, 0.15) is 191 Å². The van der Waals surface area contributed by atoms with Crippen molar-refractivity contribution in [3.05, 3.63) is 140 Å². The highest BCUT2D eigenvalue weighted by molar-refractivity contribution is 8.00. The highest BCUT2D eigenvalue weighted by Gasteiger charge is 2.40. The maximum atomic E-state index is 16.5. The molecule has 0 aliphatic carbocycles. The van der Waals surface area contributed by atoms with Gasteiger partial charge in [0.25, 0.3) is 0 Å². The Morgan fingerprint density at radius 3 is 0.649 bits per heavy atom. The third-order valence-corrected chi connectivity index (χ3v) is 19.1. The van der Waals surface area contributed by atoms with E-state index in [0.717, 1.165) is 96.1 Å². The number of hydrogen-bond acceptors (Lipinski definition) is 10. The maximum absolute atomic E-state index is 16.5. The molecule has 0 atom stereocenters. The second kappa shape index (κ2) is 21.8. The Morgan fingerprint density at radius 2 is 0.468 bits per heavy atom. The summed E-state index contributed by atoms with van der Waals surface area (Å²) in [6.07, 6.45) is 0. The molecule has 77 heavy (non-hydrogen) atoms. The van der Waals surface area contributed by atoms with E-state index in [4.69, 9.17) is 13.6 Å². The van der Waals surface area contributed by atoms with Crippen LogP contribution in [0.2, 0.25) is 0 Å². The zero-order valence-corrected chi connectivity index (χ0v) is 53.9. The summed E-state index contributed by atoms with van der Waals surface area (Å²) >= 11 is 4.91. The molecule has 3 N–H and O–H groups in total. The molecule has 0 bridgehead atoms. The minimum Gasteiger partial charge on any atom is -0.508 e. The molecule has 416 valence electrons. The summed E-state index contributed by atoms with van der Waals surface area (Å²) in [7, 11) is -4.70. The van der Waals surface area contributed by atoms with Gasteiger partial charge in [-0.05, 0) is 180 Å². The number of phosphoric ester groups is 1. The van der Waals surface area contributed by atoms with Crippen molar-refractivity contribution in [2.75, 3.05) is 0 Å². The molecule has 6 rings (SSSR count). The molecule has 0 heterocycles. The minimum atomic E-state index is -4.70. The Kier molecular flexibility index (Phi) is 17.4. The summed E-state index contributed by atoms with van der Waals surface area (Å²) in [5.41, 5.74) is 8.45. The van der Waals surface area contributed by atoms with E-state index in [1.807, 2.05) is 77.9 Å². The van der Waals surface area contributed by atoms with Crippen LogP contribution in [0, 0.1) is 41.5 Å². The van der Waals surface area contributed by atoms with E-state index in [1.54, 1.807) is 35.3 Å². The lowest BCUT2D eigenvalue weighted by molar-refractivity contribution is 0.290. The number of benzene rings is 6. The topological polar surface area (TPSA) is 105 Å². The fourth-order valence-electron chi connectivity index (χ4n) is 9.22. The van der Waals surface area contributed by atoms with Crippen LogP contribution in [-0.2, 0) is 37.1 Å². The lowest BCUT2D eigenvalue weighted by Crippen LogP contribution is -2.19. The average Bonchev–Trinajstić information content (AvgIpc) is 3.23. The Labute approximate surface area is 475 Å². The summed E-state index contributed by atoms with van der Waals surface area (Å²) in [5.74, 6) is 2.01. The third-order valence-electron chi connectivity index (χ3n) is 13.8. The van der Waals surface area contributed by atoms with Crippen LogP contribution < -0.4 is 13.6 Å². The van der Waals surface area contributed by atoms with Crippen molar-refractivity contribution >= 4 is 43.1 Å². The normalized spacial score (nSPS) is 13.0. The van der Waals surface area contributed by atoms with E-state index in [1.165, 1.54) is 0 Å². The zero-order valence-electron chi connectivity index (χ0n) is 50.6. The van der Waals surface area contributed by atoms with Gasteiger partial charge in [0, 0.05) is 62.8 Å². The van der Waals surface area contributed by atoms with Gasteiger partial charge < -0.3 is 28.9 Å². The lowest BCUT2D eigenvalue weighted by Gasteiger charge is -2.30. The fourth-order valence-corrected chi connectivity index (χ4v) is 13.6. The summed E-state index contributed by atoms with van der Waals surface area (Å²) in [6, 6.07) is 24.0. The molecular weight excluding hydrogens is 1030 g/mol. The summed E-state index contributed by atoms with van der Waals surface area (Å²) < 4.78 is 37.4. The number of phenolic OH excluding ortho intramolecular Hbond substituents is 3. The van der Waals surface area contributed by atoms with Gasteiger partial charge in [0.2, 0.25) is 0 Å². The smallest absolute Gasteiger partial charge is 0.508 e. The molecule has 0 saturated heterocycles. The molecular formula is C66H87O7PS3. The molecule has 6 aromatic carbocycles. The van der Waals surface area contributed by atoms with E-state index >= 15 is 4.57 Å². The average molecular weight is 1120 g/mol. The molecule has 0 radical (unpaired) electrons. The van der Waals surface area contributed by atoms with Crippen LogP contribution in [0.25, 0.3) is 0 Å². The predicted octanol–water partition coefficient (Wildman–Crippen LogP) is 20.5. The molecule has 0 aliphatic rings. The number of rotatable bonds is 12. The van der Waals surface area contributed by atoms with Gasteiger partial charge in [-0.2, -0.15) is 4.57 Å². The second-order valence-electron chi connectivity index (χ2n) is 27.3. The number of phenols is 3. The van der Waals surface area contributed by atoms with Gasteiger partial charge in [-0.25, -0.2) is 0 Å². The molecule has 0 aliphatic heterocycles. The fraction of sp³-hybridized carbons (Fsp3) is 0.455. The quantitative estimate of drug-likeness (QED) is 0.103. The molecule has 0 aromatic heterocycles. The zero-order chi connectivity index (χ0) is 58.1. The van der Waals surface area contributed by atoms with Crippen LogP contribution >= 0.6 is 43.1 Å². The molecule has 0 fully saturated rings. The van der Waals surface area contributed by atoms with E-state index < -0.39 is 24.1 Å². The first-order valence-corrected chi connectivity index (χ1v) is 30.6. The van der Waals surface area contributed by atoms with Crippen LogP contribution in [0.15, 0.2) is 102 Å². The van der Waals surface area contributed by atoms with Crippen LogP contribution in [-0.4, -0.2) is 15.3 Å². The van der Waals surface area contributed by atoms with Crippen molar-refractivity contribution in [2.45, 2.75) is 228 Å². The third kappa shape index (κ3) is 14.4. The highest BCUT2D eigenvalue weighted by Crippen LogP contribution is 2.57. The molecule has 0 saturated carbocycles. The number of hydrogen-bond donors (Lipinski definition) is 3. The van der Waals surface area contributed by atoms with Gasteiger partial charge in [-0.15, -0.1) is 0 Å². The maximum Gasteiger partial charge on any atom is 0.647 e. The van der Waals surface area contributed by atoms with E-state index in [2.05, 4.69) is 161 Å². The minimum absolute atomic E-state index is 0.267. The summed E-state index contributed by atoms with van der Waals surface area (Å²) in [6.45, 7) is 50.1. The molecule has 11 heteroatoms. The van der Waals surface area contributed by atoms with Gasteiger partial charge >= 0.3 is 7.82 Å². The van der Waals surface area contributed by atoms with Crippen molar-refractivity contribution in [3.63, 3.8) is 0 Å². The Hall–Kier alpha value is -4.60. The molecule has 6 aromatic rings. The van der Waals surface area contributed by atoms with Gasteiger partial charge in [-0.1, -0.05) is 160 Å². The highest BCUT2D eigenvalue weighted by atomic mass is 32.2. The molecule has 0 unspecified atom stereocenters. The van der Waals surface area contributed by atoms with Gasteiger partial charge in [0.1, 0.15) is 34.5 Å². The van der Waals surface area contributed by atoms with Gasteiger partial charge in [0.15, 0.2) is 0 Å². The molecule has 0 spiro atoms. The number of aromatic hydroxyl groups is 3. The Balaban J connectivity index is 1.55. The molecule has 0 amide bonds. The first kappa shape index (κ1) is 61.6. The first-order valence-electron chi connectivity index (χ1n) is 26.7. The van der Waals surface area contributed by atoms with Crippen molar-refractivity contribution in [1.82, 2.24) is 0 Å². The van der Waals surface area contributed by atoms with Crippen LogP contribution in [0.3, 0.4) is 0 Å². The first-order chi connectivity index (χ1) is 35.0. The van der Waals surface area contributed by atoms with Crippen LogP contribution in [0.4, 0.5) is 0 Å². The van der Waals surface area contributed by atoms with Crippen LogP contribution in [0.5, 0.6) is 34.5 Å². The SMILES string of the molecule is Cc1cc(O)c(C(C)(C)C)cc1Sc1cc(C(C)(C)C)c(OP(=O)(Oc2cc(C)c(Sc3cc(C(C)(C)C)c(O)cc3C)cc2C(C)(C)C)Oc2cc(C)c(Sc3cc(C(C)(C)C)c(O)cc3C)cc2C(C)(C)C)cc1C. The lowest BCUT2D eigenvalue weighted by atomic mass is 9.86. The van der Waals surface area contributed by atoms with Crippen molar-refractivity contribution in [1.29, 1.82) is 0 Å². The summed E-state index contributed by atoms with van der Waals surface area (Å²) in [4.78, 5) is 6.10. The van der Waals surface area contributed by atoms with E-state index in [0.29, 0.717) is 17.2 Å². The van der Waals surface area contributed by atoms with Crippen molar-refractivity contribution < 1.29 is 33.5 Å². The number of aryl methyl sites for hydroxylation is 6. The van der Waals surface area contributed by atoms with E-state index in [-0.39, 0.29) is 33.5 Å². The van der Waals surface area contributed by atoms with Crippen molar-refractivity contribution in [3.8, 4) is 34.5 Å². The predicted molar refractivity (Wildman–Crippen MR) is 326 cm³/mol. The standard InChI is InChI=1S/C66H87O7PS3/c1-37-25-49(67)43(61(7,8)9)31-55(37)75-58-34-46(64(16,17)18)52(28-40(58)4)71-74(70,72-53-29-41(5)59(35-47(53)65(19,20)21)76-56-32-44(62(10,11)12)50(68)26-38(56)2)73-54-30-42(6)60(36-48(54)66(22,23)24)77-57-33-45(63(13,14)15)51(69)27-39(57)3/h25-36,67-69H,1-24H3. The Morgan fingerprint density at radius 1 is 0.299 bits per heavy atom. The monoisotopic (exact) mass is 1120 g/mol. The summed E-state index contributed by atoms with van der Waals surface area (Å²) in [5, 5.41) is 33.0. The second-order valence-corrected chi connectivity index (χ2v) is 32.0. The Bertz CT molecular complexity index is 2930. The van der Waals surface area contributed by atoms with E-state index in [9.17, 15) is 15.3 Å². The number of phosphoric acid groups is 1. The largest absolute Gasteiger partial charge is 0.647 e. The van der Waals surface area contributed by atoms with Gasteiger partial charge in [-0.3, -0.25) is 0 Å².